The number of benzene rings is 1. The molecule has 0 aromatic heterocycles. The Morgan fingerprint density at radius 1 is 1.30 bits per heavy atom. The van der Waals surface area contributed by atoms with Crippen LogP contribution in [-0.4, -0.2) is 16.1 Å². The molecule has 4 heteroatoms. The molecule has 2 aliphatic rings. The molecule has 0 radical (unpaired) electrons. The number of phenols is 1. The van der Waals surface area contributed by atoms with Gasteiger partial charge < -0.3 is 10.3 Å². The van der Waals surface area contributed by atoms with Gasteiger partial charge in [-0.2, -0.15) is 0 Å². The summed E-state index contributed by atoms with van der Waals surface area (Å²) < 4.78 is 0. The maximum atomic E-state index is 11.9. The Kier molecular flexibility index (Phi) is 4.45. The van der Waals surface area contributed by atoms with Gasteiger partial charge in [-0.3, -0.25) is 4.79 Å². The number of ketones is 1. The second-order valence-electron chi connectivity index (χ2n) is 5.84. The zero-order valence-electron chi connectivity index (χ0n) is 11.9. The summed E-state index contributed by atoms with van der Waals surface area (Å²) in [6, 6.07) is 5.72. The molecule has 1 fully saturated rings. The Labute approximate surface area is 119 Å². The van der Waals surface area contributed by atoms with Crippen molar-refractivity contribution in [2.24, 2.45) is 11.8 Å². The van der Waals surface area contributed by atoms with Crippen molar-refractivity contribution in [3.8, 4) is 5.75 Å². The molecule has 3 rings (SSSR count). The van der Waals surface area contributed by atoms with Gasteiger partial charge in [-0.1, -0.05) is 13.0 Å². The van der Waals surface area contributed by atoms with E-state index in [1.54, 1.807) is 6.07 Å². The van der Waals surface area contributed by atoms with Crippen LogP contribution >= 0.6 is 0 Å². The van der Waals surface area contributed by atoms with E-state index >= 15 is 0 Å². The molecular formula is C16H23NO3. The molecular weight excluding hydrogens is 254 g/mol. The minimum absolute atomic E-state index is 0.0522. The lowest BCUT2D eigenvalue weighted by Crippen LogP contribution is -2.44. The van der Waals surface area contributed by atoms with Crippen LogP contribution in [0.4, 0.5) is 0 Å². The highest BCUT2D eigenvalue weighted by atomic mass is 16.4. The Morgan fingerprint density at radius 3 is 2.70 bits per heavy atom. The van der Waals surface area contributed by atoms with Crippen LogP contribution in [0, 0.1) is 5.92 Å². The topological polar surface area (TPSA) is 83.5 Å². The predicted molar refractivity (Wildman–Crippen MR) is 76.7 cm³/mol. The molecule has 1 saturated carbocycles. The Hall–Kier alpha value is -1.39. The van der Waals surface area contributed by atoms with Crippen molar-refractivity contribution in [2.75, 3.05) is 0 Å². The molecule has 20 heavy (non-hydrogen) atoms. The third kappa shape index (κ3) is 2.34. The quantitative estimate of drug-likeness (QED) is 0.689. The minimum atomic E-state index is 0.0522. The van der Waals surface area contributed by atoms with Crippen molar-refractivity contribution in [1.29, 1.82) is 0 Å². The summed E-state index contributed by atoms with van der Waals surface area (Å²) in [5.74, 6) is 4.91. The zero-order chi connectivity index (χ0) is 14.8. The average molecular weight is 277 g/mol. The number of phenolic OH excluding ortho intramolecular Hbond substituents is 1. The number of aryl methyl sites for hydroxylation is 1. The lowest BCUT2D eigenvalue weighted by atomic mass is 9.56. The van der Waals surface area contributed by atoms with Gasteiger partial charge in [0, 0.05) is 18.3 Å². The molecule has 2 atom stereocenters. The van der Waals surface area contributed by atoms with Gasteiger partial charge >= 0.3 is 0 Å². The van der Waals surface area contributed by atoms with Crippen molar-refractivity contribution >= 4 is 5.78 Å². The molecule has 4 N–H and O–H groups in total. The fourth-order valence-corrected chi connectivity index (χ4v) is 4.14. The summed E-state index contributed by atoms with van der Waals surface area (Å²) in [7, 11) is 0. The van der Waals surface area contributed by atoms with Gasteiger partial charge in [-0.05, 0) is 54.9 Å². The van der Waals surface area contributed by atoms with Crippen molar-refractivity contribution in [3.05, 3.63) is 29.3 Å². The van der Waals surface area contributed by atoms with Crippen molar-refractivity contribution in [2.45, 2.75) is 50.9 Å². The van der Waals surface area contributed by atoms with E-state index in [1.165, 1.54) is 11.1 Å². The van der Waals surface area contributed by atoms with E-state index in [2.05, 4.69) is 18.9 Å². The molecule has 0 amide bonds. The van der Waals surface area contributed by atoms with Crippen LogP contribution in [0.3, 0.4) is 0 Å². The van der Waals surface area contributed by atoms with Gasteiger partial charge in [0.25, 0.3) is 0 Å². The zero-order valence-corrected chi connectivity index (χ0v) is 11.9. The molecule has 0 aliphatic heterocycles. The molecule has 110 valence electrons. The van der Waals surface area contributed by atoms with E-state index in [1.807, 2.05) is 6.07 Å². The van der Waals surface area contributed by atoms with Crippen LogP contribution in [0.2, 0.25) is 0 Å². The predicted octanol–water partition coefficient (Wildman–Crippen LogP) is 2.69. The van der Waals surface area contributed by atoms with E-state index in [0.29, 0.717) is 23.9 Å². The minimum Gasteiger partial charge on any atom is -0.508 e. The second kappa shape index (κ2) is 5.94. The highest BCUT2D eigenvalue weighted by Crippen LogP contribution is 2.51. The van der Waals surface area contributed by atoms with E-state index in [-0.39, 0.29) is 5.41 Å². The van der Waals surface area contributed by atoms with Gasteiger partial charge in [-0.15, -0.1) is 0 Å². The standard InChI is InChI=1S/C16H20O2.H3NO/c1-2-16-10-14(18)6-5-12(16)4-3-11-9-13(17)7-8-15(11)16;1-2/h7-9,12,17H,2-6,10H2,1H3;2H,1H2/t12-,16?;/m1./s1. The normalized spacial score (nSPS) is 27.9. The largest absolute Gasteiger partial charge is 0.508 e. The molecule has 2 aliphatic carbocycles. The lowest BCUT2D eigenvalue weighted by Gasteiger charge is -2.47. The van der Waals surface area contributed by atoms with Crippen LogP contribution in [-0.2, 0) is 16.6 Å². The van der Waals surface area contributed by atoms with Gasteiger partial charge in [-0.25, -0.2) is 5.90 Å². The molecule has 4 nitrogen and oxygen atoms in total. The summed E-state index contributed by atoms with van der Waals surface area (Å²) in [5.41, 5.74) is 2.63. The van der Waals surface area contributed by atoms with Crippen molar-refractivity contribution < 1.29 is 15.1 Å². The monoisotopic (exact) mass is 277 g/mol. The first kappa shape index (κ1) is 15.0. The number of rotatable bonds is 1. The molecule has 1 unspecified atom stereocenters. The highest BCUT2D eigenvalue weighted by Gasteiger charge is 2.46. The van der Waals surface area contributed by atoms with Gasteiger partial charge in [0.1, 0.15) is 11.5 Å². The molecule has 1 aromatic rings. The second-order valence-corrected chi connectivity index (χ2v) is 5.84. The van der Waals surface area contributed by atoms with Crippen molar-refractivity contribution in [3.63, 3.8) is 0 Å². The highest BCUT2D eigenvalue weighted by molar-refractivity contribution is 5.81. The number of aromatic hydroxyl groups is 1. The summed E-state index contributed by atoms with van der Waals surface area (Å²) in [6.45, 7) is 2.20. The third-order valence-electron chi connectivity index (χ3n) is 5.08. The first-order valence-electron chi connectivity index (χ1n) is 7.25. The fourth-order valence-electron chi connectivity index (χ4n) is 4.14. The van der Waals surface area contributed by atoms with Crippen molar-refractivity contribution in [1.82, 2.24) is 0 Å². The number of hydrogen-bond donors (Lipinski definition) is 3. The summed E-state index contributed by atoms with van der Waals surface area (Å²) in [6.07, 6.45) is 5.75. The van der Waals surface area contributed by atoms with Crippen LogP contribution in [0.1, 0.15) is 50.2 Å². The van der Waals surface area contributed by atoms with Gasteiger partial charge in [0.2, 0.25) is 0 Å². The summed E-state index contributed by atoms with van der Waals surface area (Å²) in [5, 5.41) is 16.1. The first-order valence-corrected chi connectivity index (χ1v) is 7.25. The van der Waals surface area contributed by atoms with Crippen LogP contribution < -0.4 is 5.90 Å². The third-order valence-corrected chi connectivity index (χ3v) is 5.08. The van der Waals surface area contributed by atoms with Crippen LogP contribution in [0.25, 0.3) is 0 Å². The first-order chi connectivity index (χ1) is 9.65. The van der Waals surface area contributed by atoms with E-state index < -0.39 is 0 Å². The number of nitrogens with two attached hydrogens (primary N) is 1. The fraction of sp³-hybridized carbons (Fsp3) is 0.562. The number of fused-ring (bicyclic) bond motifs is 3. The Morgan fingerprint density at radius 2 is 2.00 bits per heavy atom. The number of carbonyl (C=O) groups is 1. The van der Waals surface area contributed by atoms with E-state index in [9.17, 15) is 9.90 Å². The average Bonchev–Trinajstić information content (AvgIpc) is 2.48. The summed E-state index contributed by atoms with van der Waals surface area (Å²) in [4.78, 5) is 11.9. The van der Waals surface area contributed by atoms with E-state index in [4.69, 9.17) is 5.21 Å². The lowest BCUT2D eigenvalue weighted by molar-refractivity contribution is -0.124. The number of Topliss-reactive ketones (excluding diaryl/α,β-unsaturated/α-hetero) is 1. The number of hydrogen-bond acceptors (Lipinski definition) is 4. The molecule has 0 bridgehead atoms. The molecule has 1 aromatic carbocycles. The van der Waals surface area contributed by atoms with Gasteiger partial charge in [0.15, 0.2) is 0 Å². The molecule has 0 heterocycles. The number of carbonyl (C=O) groups excluding carboxylic acids is 1. The van der Waals surface area contributed by atoms with E-state index in [0.717, 1.165) is 32.1 Å². The Bertz CT molecular complexity index is 500. The smallest absolute Gasteiger partial charge is 0.133 e. The van der Waals surface area contributed by atoms with Crippen LogP contribution in [0.5, 0.6) is 5.75 Å². The molecule has 0 saturated heterocycles. The molecule has 0 spiro atoms. The SMILES string of the molecule is CCC12CC(=O)CC[C@H]1CCc1cc(O)ccc12.NO. The van der Waals surface area contributed by atoms with Gasteiger partial charge in [0.05, 0.1) is 0 Å². The maximum Gasteiger partial charge on any atom is 0.133 e. The Balaban J connectivity index is 0.000000704. The van der Waals surface area contributed by atoms with Crippen LogP contribution in [0.15, 0.2) is 18.2 Å². The maximum absolute atomic E-state index is 11.9. The summed E-state index contributed by atoms with van der Waals surface area (Å²) >= 11 is 0.